The smallest absolute Gasteiger partial charge is 0.262 e. The van der Waals surface area contributed by atoms with E-state index in [1.807, 2.05) is 4.57 Å². The molecule has 3 heterocycles. The largest absolute Gasteiger partial charge is 0.333 e. The van der Waals surface area contributed by atoms with Crippen LogP contribution in [0.1, 0.15) is 31.5 Å². The van der Waals surface area contributed by atoms with E-state index in [1.165, 1.54) is 4.31 Å². The van der Waals surface area contributed by atoms with Gasteiger partial charge in [-0.05, 0) is 38.8 Å². The Morgan fingerprint density at radius 1 is 1.33 bits per heavy atom. The van der Waals surface area contributed by atoms with Crippen molar-refractivity contribution in [1.82, 2.24) is 19.2 Å². The van der Waals surface area contributed by atoms with Gasteiger partial charge in [-0.2, -0.15) is 4.31 Å². The van der Waals surface area contributed by atoms with Crippen LogP contribution in [-0.2, 0) is 23.0 Å². The second kappa shape index (κ2) is 6.64. The van der Waals surface area contributed by atoms with Crippen molar-refractivity contribution >= 4 is 22.4 Å². The fraction of sp³-hybridized carbons (Fsp3) is 0.769. The molecule has 0 amide bonds. The van der Waals surface area contributed by atoms with Crippen LogP contribution in [0.15, 0.2) is 11.2 Å². The lowest BCUT2D eigenvalue weighted by Crippen LogP contribution is -2.43. The lowest BCUT2D eigenvalue weighted by Gasteiger charge is -2.30. The Balaban J connectivity index is 0.00000161. The molecule has 1 N–H and O–H groups in total. The standard InChI is InChI=1S/C13H22N4O2S.ClH/c1-16(11-5-7-14-8-6-11)20(18,19)13-10-17-9-3-2-4-12(17)15-13;/h10-11,14H,2-9H2,1H3;1H. The summed E-state index contributed by atoms with van der Waals surface area (Å²) in [6.45, 7) is 2.64. The van der Waals surface area contributed by atoms with Crippen LogP contribution in [0, 0.1) is 0 Å². The van der Waals surface area contributed by atoms with E-state index >= 15 is 0 Å². The molecule has 1 aromatic rings. The first kappa shape index (κ1) is 16.7. The van der Waals surface area contributed by atoms with Crippen molar-refractivity contribution < 1.29 is 8.42 Å². The Hall–Kier alpha value is -0.630. The van der Waals surface area contributed by atoms with Gasteiger partial charge in [-0.25, -0.2) is 13.4 Å². The highest BCUT2D eigenvalue weighted by molar-refractivity contribution is 7.89. The number of hydrogen-bond donors (Lipinski definition) is 1. The highest BCUT2D eigenvalue weighted by Crippen LogP contribution is 2.22. The molecule has 0 aromatic carbocycles. The minimum absolute atomic E-state index is 0. The first-order chi connectivity index (χ1) is 9.59. The summed E-state index contributed by atoms with van der Waals surface area (Å²) in [5, 5.41) is 3.48. The van der Waals surface area contributed by atoms with Crippen LogP contribution in [0.4, 0.5) is 0 Å². The van der Waals surface area contributed by atoms with Crippen molar-refractivity contribution in [2.24, 2.45) is 0 Å². The maximum atomic E-state index is 12.7. The molecule has 0 atom stereocenters. The van der Waals surface area contributed by atoms with E-state index in [4.69, 9.17) is 0 Å². The predicted octanol–water partition coefficient (Wildman–Crippen LogP) is 1.01. The van der Waals surface area contributed by atoms with Crippen molar-refractivity contribution in [2.75, 3.05) is 20.1 Å². The van der Waals surface area contributed by atoms with Gasteiger partial charge in [0.1, 0.15) is 5.82 Å². The topological polar surface area (TPSA) is 67.2 Å². The van der Waals surface area contributed by atoms with E-state index in [9.17, 15) is 8.42 Å². The third-order valence-electron chi connectivity index (χ3n) is 4.35. The molecule has 1 fully saturated rings. The minimum Gasteiger partial charge on any atom is -0.333 e. The van der Waals surface area contributed by atoms with Gasteiger partial charge in [-0.1, -0.05) is 0 Å². The normalized spacial score (nSPS) is 20.1. The first-order valence-electron chi connectivity index (χ1n) is 7.34. The summed E-state index contributed by atoms with van der Waals surface area (Å²) in [6.07, 6.45) is 6.52. The maximum absolute atomic E-state index is 12.7. The molecular weight excluding hydrogens is 312 g/mol. The van der Waals surface area contributed by atoms with Crippen LogP contribution >= 0.6 is 12.4 Å². The van der Waals surface area contributed by atoms with Crippen LogP contribution in [0.2, 0.25) is 0 Å². The van der Waals surface area contributed by atoms with Crippen molar-refractivity contribution in [3.8, 4) is 0 Å². The Morgan fingerprint density at radius 3 is 2.71 bits per heavy atom. The number of piperidine rings is 1. The van der Waals surface area contributed by atoms with Gasteiger partial charge >= 0.3 is 0 Å². The molecule has 0 unspecified atom stereocenters. The molecule has 120 valence electrons. The number of hydrogen-bond acceptors (Lipinski definition) is 4. The van der Waals surface area contributed by atoms with Crippen molar-refractivity contribution in [3.05, 3.63) is 12.0 Å². The summed E-state index contributed by atoms with van der Waals surface area (Å²) < 4.78 is 28.9. The van der Waals surface area contributed by atoms with Crippen LogP contribution in [0.5, 0.6) is 0 Å². The van der Waals surface area contributed by atoms with E-state index in [1.54, 1.807) is 13.2 Å². The number of nitrogens with zero attached hydrogens (tertiary/aromatic N) is 3. The van der Waals surface area contributed by atoms with Gasteiger partial charge in [0.15, 0.2) is 5.03 Å². The van der Waals surface area contributed by atoms with E-state index in [0.717, 1.165) is 57.6 Å². The van der Waals surface area contributed by atoms with Gasteiger partial charge in [0.05, 0.1) is 0 Å². The van der Waals surface area contributed by atoms with E-state index in [0.29, 0.717) is 0 Å². The zero-order valence-electron chi connectivity index (χ0n) is 12.3. The molecule has 1 saturated heterocycles. The van der Waals surface area contributed by atoms with Crippen LogP contribution in [-0.4, -0.2) is 48.5 Å². The molecule has 3 rings (SSSR count). The quantitative estimate of drug-likeness (QED) is 0.896. The van der Waals surface area contributed by atoms with Gasteiger partial charge in [-0.3, -0.25) is 0 Å². The third-order valence-corrected chi connectivity index (χ3v) is 6.13. The average molecular weight is 335 g/mol. The fourth-order valence-electron chi connectivity index (χ4n) is 3.02. The summed E-state index contributed by atoms with van der Waals surface area (Å²) in [7, 11) is -1.77. The van der Waals surface area contributed by atoms with Gasteiger partial charge < -0.3 is 9.88 Å². The lowest BCUT2D eigenvalue weighted by molar-refractivity contribution is 0.296. The molecule has 6 nitrogen and oxygen atoms in total. The SMILES string of the molecule is CN(C1CCNCC1)S(=O)(=O)c1cn2c(n1)CCCC2.Cl. The van der Waals surface area contributed by atoms with Gasteiger partial charge in [0.25, 0.3) is 10.0 Å². The minimum atomic E-state index is -3.46. The Kier molecular flexibility index (Phi) is 5.29. The molecule has 0 aliphatic carbocycles. The lowest BCUT2D eigenvalue weighted by atomic mass is 10.1. The molecule has 8 heteroatoms. The van der Waals surface area contributed by atoms with Crippen molar-refractivity contribution in [3.63, 3.8) is 0 Å². The summed E-state index contributed by atoms with van der Waals surface area (Å²) in [6, 6.07) is 0.0833. The number of nitrogens with one attached hydrogen (secondary N) is 1. The second-order valence-electron chi connectivity index (χ2n) is 5.65. The average Bonchev–Trinajstić information content (AvgIpc) is 2.92. The number of sulfonamides is 1. The Bertz CT molecular complexity index is 557. The molecule has 0 saturated carbocycles. The van der Waals surface area contributed by atoms with Crippen LogP contribution in [0.3, 0.4) is 0 Å². The molecule has 2 aliphatic heterocycles. The Morgan fingerprint density at radius 2 is 2.05 bits per heavy atom. The molecule has 21 heavy (non-hydrogen) atoms. The molecule has 2 aliphatic rings. The van der Waals surface area contributed by atoms with Crippen LogP contribution in [0.25, 0.3) is 0 Å². The van der Waals surface area contributed by atoms with Crippen LogP contribution < -0.4 is 5.32 Å². The zero-order chi connectivity index (χ0) is 14.2. The maximum Gasteiger partial charge on any atom is 0.262 e. The predicted molar refractivity (Wildman–Crippen MR) is 83.3 cm³/mol. The van der Waals surface area contributed by atoms with E-state index in [-0.39, 0.29) is 23.5 Å². The summed E-state index contributed by atoms with van der Waals surface area (Å²) >= 11 is 0. The van der Waals surface area contributed by atoms with Gasteiger partial charge in [0, 0.05) is 32.3 Å². The number of fused-ring (bicyclic) bond motifs is 1. The zero-order valence-corrected chi connectivity index (χ0v) is 13.9. The summed E-state index contributed by atoms with van der Waals surface area (Å²) in [4.78, 5) is 4.36. The number of rotatable bonds is 3. The third kappa shape index (κ3) is 3.26. The molecule has 0 spiro atoms. The number of imidazole rings is 1. The molecular formula is C13H23ClN4O2S. The molecule has 0 radical (unpaired) electrons. The first-order valence-corrected chi connectivity index (χ1v) is 8.78. The molecule has 0 bridgehead atoms. The highest BCUT2D eigenvalue weighted by atomic mass is 35.5. The number of aromatic nitrogens is 2. The van der Waals surface area contributed by atoms with Gasteiger partial charge in [-0.15, -0.1) is 12.4 Å². The van der Waals surface area contributed by atoms with Crippen molar-refractivity contribution in [2.45, 2.75) is 49.7 Å². The van der Waals surface area contributed by atoms with E-state index < -0.39 is 10.0 Å². The van der Waals surface area contributed by atoms with Gasteiger partial charge in [0.2, 0.25) is 0 Å². The van der Waals surface area contributed by atoms with Crippen molar-refractivity contribution in [1.29, 1.82) is 0 Å². The molecule has 1 aromatic heterocycles. The van der Waals surface area contributed by atoms with E-state index in [2.05, 4.69) is 10.3 Å². The Labute approximate surface area is 132 Å². The highest BCUT2D eigenvalue weighted by Gasteiger charge is 2.31. The second-order valence-corrected chi connectivity index (χ2v) is 7.59. The summed E-state index contributed by atoms with van der Waals surface area (Å²) in [5.41, 5.74) is 0. The number of aryl methyl sites for hydroxylation is 2. The summed E-state index contributed by atoms with van der Waals surface area (Å²) in [5.74, 6) is 0.911. The fourth-order valence-corrected chi connectivity index (χ4v) is 4.40. The monoisotopic (exact) mass is 334 g/mol. The number of halogens is 1.